The monoisotopic (exact) mass is 1050 g/mol. The number of rotatable bonds is 17. The lowest BCUT2D eigenvalue weighted by molar-refractivity contribution is -0.195. The van der Waals surface area contributed by atoms with E-state index in [2.05, 4.69) is 28.6 Å². The summed E-state index contributed by atoms with van der Waals surface area (Å²) in [4.78, 5) is 61.2. The van der Waals surface area contributed by atoms with Gasteiger partial charge in [0.2, 0.25) is 11.8 Å². The first-order valence-corrected chi connectivity index (χ1v) is 32.3. The van der Waals surface area contributed by atoms with E-state index in [-0.39, 0.29) is 47.0 Å². The van der Waals surface area contributed by atoms with Gasteiger partial charge >= 0.3 is 5.97 Å². The molecule has 13 aliphatic rings. The van der Waals surface area contributed by atoms with Crippen LogP contribution in [0.5, 0.6) is 0 Å². The van der Waals surface area contributed by atoms with Gasteiger partial charge in [-0.05, 0) is 198 Å². The summed E-state index contributed by atoms with van der Waals surface area (Å²) in [6.45, 7) is 8.55. The highest BCUT2D eigenvalue weighted by atomic mass is 32.2. The molecule has 1 aliphatic heterocycles. The Morgan fingerprint density at radius 3 is 1.26 bits per heavy atom. The van der Waals surface area contributed by atoms with Crippen LogP contribution in [0.25, 0.3) is 0 Å². The minimum Gasteiger partial charge on any atom is -0.355 e. The fraction of sp³-hybridized carbons (Fsp3) is 0.820. The number of nitrogens with two attached hydrogens (primary N) is 1. The maximum absolute atomic E-state index is 12.0. The summed E-state index contributed by atoms with van der Waals surface area (Å²) < 4.78 is 68.3. The van der Waals surface area contributed by atoms with Crippen LogP contribution in [-0.4, -0.2) is 115 Å². The van der Waals surface area contributed by atoms with Crippen molar-refractivity contribution >= 4 is 70.9 Å². The Balaban J connectivity index is 0.000000140. The molecule has 4 N–H and O–H groups in total. The van der Waals surface area contributed by atoms with E-state index in [1.54, 1.807) is 0 Å². The van der Waals surface area contributed by atoms with Crippen molar-refractivity contribution in [1.29, 1.82) is 0 Å². The van der Waals surface area contributed by atoms with Crippen LogP contribution in [0, 0.1) is 69.5 Å². The van der Waals surface area contributed by atoms with Crippen molar-refractivity contribution in [3.8, 4) is 0 Å². The van der Waals surface area contributed by atoms with E-state index in [4.69, 9.17) is 5.73 Å². The van der Waals surface area contributed by atoms with Crippen molar-refractivity contribution in [2.24, 2.45) is 75.2 Å². The number of sulfone groups is 3. The number of hydrogen-bond acceptors (Lipinski definition) is 14. The average molecular weight is 1060 g/mol. The molecule has 13 fully saturated rings. The molecule has 0 aromatic rings. The van der Waals surface area contributed by atoms with E-state index in [9.17, 15) is 49.2 Å². The van der Waals surface area contributed by atoms with Gasteiger partial charge in [0.1, 0.15) is 11.5 Å². The first-order chi connectivity index (χ1) is 32.9. The molecule has 0 atom stereocenters. The number of nitrogens with zero attached hydrogens (tertiary/aromatic N) is 1. The molecule has 394 valence electrons. The molecule has 0 spiro atoms. The van der Waals surface area contributed by atoms with Gasteiger partial charge in [-0.15, -0.1) is 5.06 Å². The summed E-state index contributed by atoms with van der Waals surface area (Å²) in [5.41, 5.74) is 7.07. The van der Waals surface area contributed by atoms with Gasteiger partial charge in [-0.2, -0.15) is 11.8 Å². The molecule has 12 bridgehead atoms. The van der Waals surface area contributed by atoms with E-state index in [0.29, 0.717) is 34.7 Å². The summed E-state index contributed by atoms with van der Waals surface area (Å²) in [5, 5.41) is 7.56. The van der Waals surface area contributed by atoms with Crippen molar-refractivity contribution < 1.29 is 54.1 Å². The molecule has 70 heavy (non-hydrogen) atoms. The second kappa shape index (κ2) is 22.3. The van der Waals surface area contributed by atoms with E-state index in [1.807, 2.05) is 6.26 Å². The van der Waals surface area contributed by atoms with E-state index >= 15 is 0 Å². The van der Waals surface area contributed by atoms with E-state index in [0.717, 1.165) is 65.2 Å². The Labute approximate surface area is 420 Å². The Kier molecular flexibility index (Phi) is 17.5. The first-order valence-electron chi connectivity index (χ1n) is 25.6. The summed E-state index contributed by atoms with van der Waals surface area (Å²) in [7, 11) is -10.5. The first kappa shape index (κ1) is 55.0. The van der Waals surface area contributed by atoms with Gasteiger partial charge in [0, 0.05) is 42.5 Å². The molecule has 20 heteroatoms. The predicted molar refractivity (Wildman–Crippen MR) is 269 cm³/mol. The quantitative estimate of drug-likeness (QED) is 0.157. The second-order valence-electron chi connectivity index (χ2n) is 23.6. The third kappa shape index (κ3) is 14.5. The van der Waals surface area contributed by atoms with Crippen LogP contribution in [-0.2, 0) is 58.3 Å². The van der Waals surface area contributed by atoms with Gasteiger partial charge in [-0.3, -0.25) is 19.2 Å². The number of hydrogen-bond donors (Lipinski definition) is 3. The molecule has 1 saturated heterocycles. The molecule has 0 aromatic carbocycles. The zero-order valence-electron chi connectivity index (χ0n) is 41.1. The number of nitrogens with one attached hydrogen (secondary N) is 2. The van der Waals surface area contributed by atoms with Gasteiger partial charge in [0.05, 0.1) is 5.75 Å². The van der Waals surface area contributed by atoms with Crippen LogP contribution >= 0.6 is 11.8 Å². The second-order valence-corrected chi connectivity index (χ2v) is 30.7. The van der Waals surface area contributed by atoms with E-state index in [1.165, 1.54) is 127 Å². The van der Waals surface area contributed by atoms with Gasteiger partial charge in [-0.25, -0.2) is 30.0 Å². The maximum atomic E-state index is 12.0. The zero-order valence-corrected chi connectivity index (χ0v) is 44.4. The smallest absolute Gasteiger partial charge is 0.348 e. The van der Waals surface area contributed by atoms with Crippen LogP contribution in [0.2, 0.25) is 0 Å². The normalized spacial score (nSPS) is 35.9. The van der Waals surface area contributed by atoms with Crippen molar-refractivity contribution in [1.82, 2.24) is 15.7 Å². The highest BCUT2D eigenvalue weighted by Crippen LogP contribution is 2.61. The van der Waals surface area contributed by atoms with Gasteiger partial charge in [0.25, 0.3) is 11.8 Å². The van der Waals surface area contributed by atoms with Crippen molar-refractivity contribution in [2.75, 3.05) is 54.7 Å². The number of imide groups is 1. The minimum absolute atomic E-state index is 0.0413. The van der Waals surface area contributed by atoms with Crippen molar-refractivity contribution in [3.05, 3.63) is 24.0 Å². The molecule has 0 radical (unpaired) electrons. The highest BCUT2D eigenvalue weighted by Gasteiger charge is 2.53. The molecule has 16 nitrogen and oxygen atoms in total. The topological polar surface area (TPSA) is 250 Å². The predicted octanol–water partition coefficient (Wildman–Crippen LogP) is 5.29. The molecule has 12 saturated carbocycles. The van der Waals surface area contributed by atoms with E-state index < -0.39 is 58.8 Å². The number of carbonyl (C=O) groups excluding carboxylic acids is 5. The van der Waals surface area contributed by atoms with Crippen molar-refractivity contribution in [2.45, 2.75) is 128 Å². The molecule has 1 heterocycles. The Hall–Kier alpha value is -2.81. The van der Waals surface area contributed by atoms with Crippen LogP contribution in [0.1, 0.15) is 128 Å². The minimum atomic E-state index is -3.76. The third-order valence-corrected chi connectivity index (χ3v) is 22.3. The number of amides is 4. The lowest BCUT2D eigenvalue weighted by Crippen LogP contribution is -2.51. The summed E-state index contributed by atoms with van der Waals surface area (Å²) in [6.07, 6.45) is 26.4. The Morgan fingerprint density at radius 1 is 0.600 bits per heavy atom. The third-order valence-electron chi connectivity index (χ3n) is 17.6. The van der Waals surface area contributed by atoms with Gasteiger partial charge < -0.3 is 21.2 Å². The molecular formula is C50H78N4O12S4. The zero-order chi connectivity index (χ0) is 50.7. The average Bonchev–Trinajstić information content (AvgIpc) is 3.58. The summed E-state index contributed by atoms with van der Waals surface area (Å²) >= 11 is 1.50. The molecule has 4 amide bonds. The lowest BCUT2D eigenvalue weighted by atomic mass is 9.49. The summed E-state index contributed by atoms with van der Waals surface area (Å²) in [5.74, 6) is 3.99. The highest BCUT2D eigenvalue weighted by molar-refractivity contribution is 8.00. The number of thioether (sulfide) groups is 1. The van der Waals surface area contributed by atoms with Crippen molar-refractivity contribution in [3.63, 3.8) is 0 Å². The van der Waals surface area contributed by atoms with Crippen LogP contribution in [0.4, 0.5) is 0 Å². The Morgan fingerprint density at radius 2 is 0.929 bits per heavy atom. The molecule has 13 rings (SSSR count). The maximum Gasteiger partial charge on any atom is 0.348 e. The van der Waals surface area contributed by atoms with Crippen LogP contribution in [0.15, 0.2) is 24.0 Å². The SMILES string of the molecule is C=CS(=O)(=O)CC(=O)NCC12CC3CC(CC(C3)C1)C2.C=CS(=O)(=O)CC(=O)ON1C(=O)CCC1=O.CSCCS(=O)(=O)CC(=O)NCC12CC3CC(CC(C3)C1)C2.NCC12CC3CC(CC(C3)C1)C2. The molecule has 0 aromatic heterocycles. The molecule has 0 unspecified atom stereocenters. The number of carbonyl (C=O) groups is 5. The summed E-state index contributed by atoms with van der Waals surface area (Å²) in [6, 6.07) is 0. The lowest BCUT2D eigenvalue weighted by Gasteiger charge is -2.56. The van der Waals surface area contributed by atoms with Crippen LogP contribution in [0.3, 0.4) is 0 Å². The largest absolute Gasteiger partial charge is 0.355 e. The van der Waals surface area contributed by atoms with Gasteiger partial charge in [-0.1, -0.05) is 13.2 Å². The Bertz CT molecular complexity index is 2210. The van der Waals surface area contributed by atoms with Crippen LogP contribution < -0.4 is 16.4 Å². The fourth-order valence-electron chi connectivity index (χ4n) is 16.0. The molecular weight excluding hydrogens is 977 g/mol. The number of hydroxylamine groups is 2. The standard InChI is InChI=1S/C16H27NO3S2.C15H23NO3S.C11H19N.C8H9NO6S/c1-21-2-3-22(19,20)10-15(18)17-11-16-7-12-4-13(8-16)6-14(5-12)9-16;1-2-20(18,19)9-14(17)16-10-15-6-11-3-12(7-15)5-13(4-11)8-15;12-7-11-4-8-1-9(5-11)3-10(2-8)6-11;1-2-16(13,14)5-8(12)15-9-6(10)3-4-7(9)11/h12-14H,2-11H2,1H3,(H,17,18);2,11-13H,1,3-10H2,(H,16,17);8-10H,1-7,12H2;2H,1,3-5H2. The van der Waals surface area contributed by atoms with Gasteiger partial charge in [0.15, 0.2) is 35.3 Å². The molecule has 12 aliphatic carbocycles. The fourth-order valence-corrected chi connectivity index (χ4v) is 19.4.